The average molecular weight is 457 g/mol. The Morgan fingerprint density at radius 1 is 1.19 bits per heavy atom. The van der Waals surface area contributed by atoms with Gasteiger partial charge < -0.3 is 14.8 Å². The molecule has 162 valence electrons. The van der Waals surface area contributed by atoms with Crippen LogP contribution in [0.2, 0.25) is 5.02 Å². The fourth-order valence-electron chi connectivity index (χ4n) is 4.05. The first kappa shape index (κ1) is 21.7. The number of rotatable bonds is 6. The summed E-state index contributed by atoms with van der Waals surface area (Å²) in [5.41, 5.74) is 4.10. The summed E-state index contributed by atoms with van der Waals surface area (Å²) in [5, 5.41) is 5.69. The van der Waals surface area contributed by atoms with Gasteiger partial charge in [-0.15, -0.1) is 11.3 Å². The zero-order valence-electron chi connectivity index (χ0n) is 17.8. The topological polar surface area (TPSA) is 50.8 Å². The highest BCUT2D eigenvalue weighted by atomic mass is 35.5. The maximum atomic E-state index is 13.0. The van der Waals surface area contributed by atoms with Gasteiger partial charge in [0.25, 0.3) is 0 Å². The van der Waals surface area contributed by atoms with Crippen molar-refractivity contribution in [2.45, 2.75) is 19.4 Å². The fourth-order valence-corrected chi connectivity index (χ4v) is 5.10. The highest BCUT2D eigenvalue weighted by molar-refractivity contribution is 7.10. The summed E-state index contributed by atoms with van der Waals surface area (Å²) in [6.07, 6.45) is 0.834. The second-order valence-electron chi connectivity index (χ2n) is 7.55. The number of carbonyl (C=O) groups is 1. The molecule has 0 saturated carbocycles. The van der Waals surface area contributed by atoms with Crippen LogP contribution in [0.15, 0.2) is 47.8 Å². The van der Waals surface area contributed by atoms with Crippen LogP contribution in [-0.4, -0.2) is 38.1 Å². The van der Waals surface area contributed by atoms with E-state index in [-0.39, 0.29) is 18.5 Å². The van der Waals surface area contributed by atoms with Crippen molar-refractivity contribution in [2.24, 2.45) is 0 Å². The second-order valence-corrected chi connectivity index (χ2v) is 8.97. The van der Waals surface area contributed by atoms with Gasteiger partial charge in [-0.1, -0.05) is 23.7 Å². The van der Waals surface area contributed by atoms with E-state index in [0.717, 1.165) is 35.5 Å². The molecule has 0 saturated heterocycles. The van der Waals surface area contributed by atoms with E-state index in [0.29, 0.717) is 10.8 Å². The number of nitrogens with zero attached hydrogens (tertiary/aromatic N) is 1. The number of halogens is 1. The van der Waals surface area contributed by atoms with Crippen molar-refractivity contribution in [3.63, 3.8) is 0 Å². The molecule has 31 heavy (non-hydrogen) atoms. The van der Waals surface area contributed by atoms with Crippen molar-refractivity contribution in [3.05, 3.63) is 74.4 Å². The number of aryl methyl sites for hydroxylation is 1. The minimum absolute atomic E-state index is 0.0187. The van der Waals surface area contributed by atoms with E-state index in [9.17, 15) is 4.79 Å². The molecule has 0 radical (unpaired) electrons. The van der Waals surface area contributed by atoms with E-state index in [1.807, 2.05) is 31.2 Å². The Balaban J connectivity index is 1.63. The molecule has 1 aliphatic heterocycles. The first-order chi connectivity index (χ1) is 15.0. The van der Waals surface area contributed by atoms with E-state index in [2.05, 4.69) is 27.7 Å². The van der Waals surface area contributed by atoms with Gasteiger partial charge in [-0.2, -0.15) is 0 Å². The van der Waals surface area contributed by atoms with Gasteiger partial charge in [-0.3, -0.25) is 9.69 Å². The molecule has 2 heterocycles. The van der Waals surface area contributed by atoms with Crippen LogP contribution in [0.25, 0.3) is 0 Å². The molecule has 4 rings (SSSR count). The molecule has 1 amide bonds. The van der Waals surface area contributed by atoms with Gasteiger partial charge in [-0.25, -0.2) is 0 Å². The van der Waals surface area contributed by atoms with Crippen LogP contribution in [0.3, 0.4) is 0 Å². The van der Waals surface area contributed by atoms with Crippen molar-refractivity contribution in [3.8, 4) is 11.5 Å². The van der Waals surface area contributed by atoms with Crippen LogP contribution in [0, 0.1) is 6.92 Å². The fraction of sp³-hybridized carbons (Fsp3) is 0.292. The lowest BCUT2D eigenvalue weighted by Gasteiger charge is -2.37. The predicted molar refractivity (Wildman–Crippen MR) is 126 cm³/mol. The number of amides is 1. The van der Waals surface area contributed by atoms with Gasteiger partial charge in [0.05, 0.1) is 26.8 Å². The first-order valence-electron chi connectivity index (χ1n) is 10.1. The predicted octanol–water partition coefficient (Wildman–Crippen LogP) is 5.31. The third-order valence-corrected chi connectivity index (χ3v) is 6.77. The highest BCUT2D eigenvalue weighted by Crippen LogP contribution is 2.42. The number of ether oxygens (including phenoxy) is 2. The van der Waals surface area contributed by atoms with E-state index in [1.165, 1.54) is 10.4 Å². The molecule has 0 spiro atoms. The van der Waals surface area contributed by atoms with Gasteiger partial charge in [0.15, 0.2) is 11.5 Å². The van der Waals surface area contributed by atoms with Crippen molar-refractivity contribution in [1.29, 1.82) is 0 Å². The van der Waals surface area contributed by atoms with Gasteiger partial charge in [0.2, 0.25) is 5.91 Å². The van der Waals surface area contributed by atoms with Crippen molar-refractivity contribution in [2.75, 3.05) is 32.6 Å². The number of carbonyl (C=O) groups excluding carboxylic acids is 1. The molecule has 3 aromatic rings. The largest absolute Gasteiger partial charge is 0.493 e. The summed E-state index contributed by atoms with van der Waals surface area (Å²) in [6.45, 7) is 3.01. The maximum absolute atomic E-state index is 13.0. The molecule has 5 nitrogen and oxygen atoms in total. The standard InChI is InChI=1S/C24H25ClN2O3S/c1-15-6-7-17(25)12-19(15)26-23(28)14-27-9-8-16-11-20(29-2)21(30-3)13-18(16)24(27)22-5-4-10-31-22/h4-7,10-13,24H,8-9,14H2,1-3H3,(H,26,28)/t24-/m0/s1. The lowest BCUT2D eigenvalue weighted by atomic mass is 9.91. The first-order valence-corrected chi connectivity index (χ1v) is 11.3. The Morgan fingerprint density at radius 3 is 2.68 bits per heavy atom. The van der Waals surface area contributed by atoms with Crippen LogP contribution in [0.5, 0.6) is 11.5 Å². The number of hydrogen-bond donors (Lipinski definition) is 1. The Morgan fingerprint density at radius 2 is 1.97 bits per heavy atom. The number of hydrogen-bond acceptors (Lipinski definition) is 5. The molecular formula is C24H25ClN2O3S. The maximum Gasteiger partial charge on any atom is 0.238 e. The monoisotopic (exact) mass is 456 g/mol. The Labute approximate surface area is 191 Å². The van der Waals surface area contributed by atoms with Crippen LogP contribution < -0.4 is 14.8 Å². The summed E-state index contributed by atoms with van der Waals surface area (Å²) in [5.74, 6) is 1.37. The van der Waals surface area contributed by atoms with E-state index in [1.54, 1.807) is 31.6 Å². The zero-order chi connectivity index (χ0) is 22.0. The molecule has 7 heteroatoms. The summed E-state index contributed by atoms with van der Waals surface area (Å²) in [7, 11) is 3.30. The average Bonchev–Trinajstić information content (AvgIpc) is 3.29. The Hall–Kier alpha value is -2.54. The molecule has 2 aromatic carbocycles. The Kier molecular flexibility index (Phi) is 6.51. The molecule has 0 bridgehead atoms. The SMILES string of the molecule is COc1cc2c(cc1OC)[C@@H](c1cccs1)N(CC(=O)Nc1cc(Cl)ccc1C)CC2. The lowest BCUT2D eigenvalue weighted by Crippen LogP contribution is -2.41. The number of benzene rings is 2. The molecule has 0 aliphatic carbocycles. The quantitative estimate of drug-likeness (QED) is 0.545. The highest BCUT2D eigenvalue weighted by Gasteiger charge is 2.32. The number of nitrogens with one attached hydrogen (secondary N) is 1. The zero-order valence-corrected chi connectivity index (χ0v) is 19.3. The van der Waals surface area contributed by atoms with Gasteiger partial charge in [-0.05, 0) is 65.7 Å². The van der Waals surface area contributed by atoms with Crippen LogP contribution >= 0.6 is 22.9 Å². The van der Waals surface area contributed by atoms with Gasteiger partial charge >= 0.3 is 0 Å². The van der Waals surface area contributed by atoms with E-state index >= 15 is 0 Å². The number of anilines is 1. The van der Waals surface area contributed by atoms with Gasteiger partial charge in [0, 0.05) is 22.1 Å². The normalized spacial score (nSPS) is 15.9. The lowest BCUT2D eigenvalue weighted by molar-refractivity contribution is -0.117. The summed E-state index contributed by atoms with van der Waals surface area (Å²) >= 11 is 7.80. The molecule has 1 aliphatic rings. The number of thiophene rings is 1. The van der Waals surface area contributed by atoms with Crippen LogP contribution in [0.4, 0.5) is 5.69 Å². The van der Waals surface area contributed by atoms with Gasteiger partial charge in [0.1, 0.15) is 0 Å². The van der Waals surface area contributed by atoms with E-state index < -0.39 is 0 Å². The van der Waals surface area contributed by atoms with E-state index in [4.69, 9.17) is 21.1 Å². The molecule has 1 atom stereocenters. The molecule has 1 N–H and O–H groups in total. The number of methoxy groups -OCH3 is 2. The van der Waals surface area contributed by atoms with Crippen LogP contribution in [0.1, 0.15) is 27.6 Å². The van der Waals surface area contributed by atoms with Crippen molar-refractivity contribution in [1.82, 2.24) is 4.90 Å². The summed E-state index contributed by atoms with van der Waals surface area (Å²) < 4.78 is 11.1. The van der Waals surface area contributed by atoms with Crippen molar-refractivity contribution >= 4 is 34.5 Å². The minimum Gasteiger partial charge on any atom is -0.493 e. The molecule has 0 fully saturated rings. The third kappa shape index (κ3) is 4.56. The summed E-state index contributed by atoms with van der Waals surface area (Å²) in [6, 6.07) is 13.8. The third-order valence-electron chi connectivity index (χ3n) is 5.61. The minimum atomic E-state index is -0.0594. The van der Waals surface area contributed by atoms with Crippen LogP contribution in [-0.2, 0) is 11.2 Å². The van der Waals surface area contributed by atoms with Crippen molar-refractivity contribution < 1.29 is 14.3 Å². The number of fused-ring (bicyclic) bond motifs is 1. The molecule has 0 unspecified atom stereocenters. The molecule has 1 aromatic heterocycles. The Bertz CT molecular complexity index is 1080. The second kappa shape index (κ2) is 9.30. The summed E-state index contributed by atoms with van der Waals surface area (Å²) in [4.78, 5) is 16.4. The smallest absolute Gasteiger partial charge is 0.238 e. The molecular weight excluding hydrogens is 432 g/mol.